The maximum atomic E-state index is 9.00. The summed E-state index contributed by atoms with van der Waals surface area (Å²) in [6.45, 7) is 2.80. The highest BCUT2D eigenvalue weighted by Crippen LogP contribution is 2.09. The lowest BCUT2D eigenvalue weighted by Gasteiger charge is -2.21. The molecule has 0 saturated heterocycles. The van der Waals surface area contributed by atoms with Crippen LogP contribution in [0.25, 0.3) is 0 Å². The fraction of sp³-hybridized carbons (Fsp3) is 0.875. The Morgan fingerprint density at radius 1 is 1.64 bits per heavy atom. The maximum Gasteiger partial charge on any atom is 0.140 e. The van der Waals surface area contributed by atoms with Crippen molar-refractivity contribution in [2.75, 3.05) is 19.4 Å². The third kappa shape index (κ3) is 5.31. The van der Waals surface area contributed by atoms with Crippen molar-refractivity contribution in [1.82, 2.24) is 5.32 Å². The molecule has 0 amide bonds. The molecule has 0 heterocycles. The predicted octanol–water partition coefficient (Wildman–Crippen LogP) is -0.175. The quantitative estimate of drug-likeness (QED) is 0.207. The molecule has 0 rings (SSSR count). The van der Waals surface area contributed by atoms with Crippen LogP contribution in [0.5, 0.6) is 0 Å². The van der Waals surface area contributed by atoms with Crippen LogP contribution in [0, 0.1) is 0 Å². The van der Waals surface area contributed by atoms with Crippen LogP contribution >= 0.6 is 11.8 Å². The van der Waals surface area contributed by atoms with Gasteiger partial charge in [0.2, 0.25) is 0 Å². The van der Waals surface area contributed by atoms with Gasteiger partial charge in [-0.2, -0.15) is 11.8 Å². The molecular formula is C8H19N3O2S. The van der Waals surface area contributed by atoms with E-state index in [1.807, 2.05) is 13.2 Å². The Kier molecular flexibility index (Phi) is 7.64. The molecule has 0 aromatic heterocycles. The summed E-state index contributed by atoms with van der Waals surface area (Å²) in [6.07, 6.45) is 2.47. The van der Waals surface area contributed by atoms with Gasteiger partial charge in [0, 0.05) is 24.3 Å². The standard InChI is InChI=1S/C8H19N3O2S/c1-6(7(5-12)14-2)10-4-3-8(9)11-13/h6-7,10,12-13H,3-5H2,1-2H3,(H2,9,11). The number of aliphatic hydroxyl groups excluding tert-OH is 1. The van der Waals surface area contributed by atoms with E-state index >= 15 is 0 Å². The Hall–Kier alpha value is -0.460. The highest BCUT2D eigenvalue weighted by Gasteiger charge is 2.13. The van der Waals surface area contributed by atoms with Crippen LogP contribution in [0.15, 0.2) is 5.16 Å². The normalized spacial score (nSPS) is 16.6. The lowest BCUT2D eigenvalue weighted by molar-refractivity contribution is 0.276. The van der Waals surface area contributed by atoms with E-state index in [9.17, 15) is 0 Å². The first kappa shape index (κ1) is 13.5. The highest BCUT2D eigenvalue weighted by atomic mass is 32.2. The molecule has 0 bridgehead atoms. The van der Waals surface area contributed by atoms with Crippen molar-refractivity contribution in [3.8, 4) is 0 Å². The van der Waals surface area contributed by atoms with Crippen LogP contribution in [-0.4, -0.2) is 46.8 Å². The smallest absolute Gasteiger partial charge is 0.140 e. The molecule has 5 N–H and O–H groups in total. The summed E-state index contributed by atoms with van der Waals surface area (Å²) in [4.78, 5) is 0. The number of aliphatic hydroxyl groups is 1. The van der Waals surface area contributed by atoms with Gasteiger partial charge in [-0.15, -0.1) is 0 Å². The van der Waals surface area contributed by atoms with E-state index in [2.05, 4.69) is 10.5 Å². The van der Waals surface area contributed by atoms with E-state index < -0.39 is 0 Å². The Morgan fingerprint density at radius 2 is 2.29 bits per heavy atom. The van der Waals surface area contributed by atoms with E-state index in [0.717, 1.165) is 0 Å². The molecule has 0 saturated carbocycles. The Labute approximate surface area is 88.7 Å². The Morgan fingerprint density at radius 3 is 2.71 bits per heavy atom. The molecule has 0 fully saturated rings. The van der Waals surface area contributed by atoms with Gasteiger partial charge in [-0.25, -0.2) is 0 Å². The fourth-order valence-electron chi connectivity index (χ4n) is 1.05. The second kappa shape index (κ2) is 7.90. The van der Waals surface area contributed by atoms with Gasteiger partial charge in [0.05, 0.1) is 6.61 Å². The number of thioether (sulfide) groups is 1. The van der Waals surface area contributed by atoms with Crippen molar-refractivity contribution in [3.63, 3.8) is 0 Å². The van der Waals surface area contributed by atoms with Gasteiger partial charge >= 0.3 is 0 Å². The molecule has 2 unspecified atom stereocenters. The van der Waals surface area contributed by atoms with Gasteiger partial charge in [-0.1, -0.05) is 5.16 Å². The molecule has 0 radical (unpaired) electrons. The van der Waals surface area contributed by atoms with E-state index in [1.165, 1.54) is 0 Å². The minimum Gasteiger partial charge on any atom is -0.409 e. The van der Waals surface area contributed by atoms with Crippen molar-refractivity contribution in [1.29, 1.82) is 0 Å². The van der Waals surface area contributed by atoms with Crippen molar-refractivity contribution in [2.45, 2.75) is 24.6 Å². The molecular weight excluding hydrogens is 202 g/mol. The summed E-state index contributed by atoms with van der Waals surface area (Å²) in [5, 5.41) is 23.5. The number of nitrogens with one attached hydrogen (secondary N) is 1. The lowest BCUT2D eigenvalue weighted by atomic mass is 10.2. The second-order valence-corrected chi connectivity index (χ2v) is 4.12. The summed E-state index contributed by atoms with van der Waals surface area (Å²) < 4.78 is 0. The van der Waals surface area contributed by atoms with Gasteiger partial charge in [-0.05, 0) is 13.2 Å². The molecule has 0 aromatic carbocycles. The van der Waals surface area contributed by atoms with E-state index in [1.54, 1.807) is 11.8 Å². The molecule has 0 aliphatic carbocycles. The van der Waals surface area contributed by atoms with Gasteiger partial charge in [-0.3, -0.25) is 0 Å². The van der Waals surface area contributed by atoms with Crippen LogP contribution in [0.3, 0.4) is 0 Å². The summed E-state index contributed by atoms with van der Waals surface area (Å²) in [6, 6.07) is 0.210. The molecule has 5 nitrogen and oxygen atoms in total. The third-order valence-corrected chi connectivity index (χ3v) is 3.18. The topological polar surface area (TPSA) is 90.9 Å². The summed E-state index contributed by atoms with van der Waals surface area (Å²) in [7, 11) is 0. The lowest BCUT2D eigenvalue weighted by Crippen LogP contribution is -2.39. The number of amidine groups is 1. The maximum absolute atomic E-state index is 9.00. The second-order valence-electron chi connectivity index (χ2n) is 3.04. The third-order valence-electron chi connectivity index (χ3n) is 2.02. The number of hydrogen-bond donors (Lipinski definition) is 4. The molecule has 0 aromatic rings. The number of nitrogens with zero attached hydrogens (tertiary/aromatic N) is 1. The molecule has 0 spiro atoms. The molecule has 6 heteroatoms. The molecule has 14 heavy (non-hydrogen) atoms. The Bertz CT molecular complexity index is 174. The van der Waals surface area contributed by atoms with Gasteiger partial charge in [0.25, 0.3) is 0 Å². The van der Waals surface area contributed by atoms with E-state index in [-0.39, 0.29) is 23.7 Å². The van der Waals surface area contributed by atoms with Crippen LogP contribution in [-0.2, 0) is 0 Å². The molecule has 2 atom stereocenters. The zero-order chi connectivity index (χ0) is 11.0. The van der Waals surface area contributed by atoms with Crippen LogP contribution in [0.2, 0.25) is 0 Å². The number of rotatable bonds is 7. The van der Waals surface area contributed by atoms with Gasteiger partial charge in [0.15, 0.2) is 0 Å². The predicted molar refractivity (Wildman–Crippen MR) is 59.9 cm³/mol. The average Bonchev–Trinajstić information content (AvgIpc) is 2.19. The molecule has 0 aliphatic heterocycles. The van der Waals surface area contributed by atoms with Crippen molar-refractivity contribution in [3.05, 3.63) is 0 Å². The van der Waals surface area contributed by atoms with Gasteiger partial charge < -0.3 is 21.4 Å². The largest absolute Gasteiger partial charge is 0.409 e. The van der Waals surface area contributed by atoms with E-state index in [0.29, 0.717) is 13.0 Å². The first-order chi connectivity index (χ1) is 6.65. The SMILES string of the molecule is CSC(CO)C(C)NCCC(N)=NO. The summed E-state index contributed by atoms with van der Waals surface area (Å²) >= 11 is 1.62. The summed E-state index contributed by atoms with van der Waals surface area (Å²) in [5.74, 6) is 0.217. The zero-order valence-electron chi connectivity index (χ0n) is 8.60. The Balaban J connectivity index is 3.67. The first-order valence-electron chi connectivity index (χ1n) is 4.49. The number of nitrogens with two attached hydrogens (primary N) is 1. The first-order valence-corrected chi connectivity index (χ1v) is 5.78. The van der Waals surface area contributed by atoms with Crippen molar-refractivity contribution < 1.29 is 10.3 Å². The van der Waals surface area contributed by atoms with Crippen molar-refractivity contribution >= 4 is 17.6 Å². The van der Waals surface area contributed by atoms with Crippen LogP contribution < -0.4 is 11.1 Å². The average molecular weight is 221 g/mol. The van der Waals surface area contributed by atoms with Crippen molar-refractivity contribution in [2.24, 2.45) is 10.9 Å². The van der Waals surface area contributed by atoms with Gasteiger partial charge in [0.1, 0.15) is 5.84 Å². The monoisotopic (exact) mass is 221 g/mol. The van der Waals surface area contributed by atoms with Crippen LogP contribution in [0.1, 0.15) is 13.3 Å². The van der Waals surface area contributed by atoms with Crippen LogP contribution in [0.4, 0.5) is 0 Å². The highest BCUT2D eigenvalue weighted by molar-refractivity contribution is 7.99. The molecule has 0 aliphatic rings. The van der Waals surface area contributed by atoms with E-state index in [4.69, 9.17) is 16.0 Å². The fourth-order valence-corrected chi connectivity index (χ4v) is 1.70. The zero-order valence-corrected chi connectivity index (χ0v) is 9.42. The molecule has 84 valence electrons. The summed E-state index contributed by atoms with van der Waals surface area (Å²) in [5.41, 5.74) is 5.31. The minimum absolute atomic E-state index is 0.152. The number of hydrogen-bond acceptors (Lipinski definition) is 5. The number of oxime groups is 1. The minimum atomic E-state index is 0.152.